The monoisotopic (exact) mass is 346 g/mol. The molecule has 0 spiro atoms. The number of hydrogen-bond acceptors (Lipinski definition) is 5. The standard InChI is InChI=1S/C19H27BO5/c1-13-10-14(21-11-15-12-22-19(6,7)23-15)8-9-16(13)20-24-17(2,3)18(4,5)25-20/h8-10,12H,11H2,1-7H3. The Balaban J connectivity index is 1.66. The van der Waals surface area contributed by atoms with Crippen LogP contribution in [0.3, 0.4) is 0 Å². The van der Waals surface area contributed by atoms with Crippen molar-refractivity contribution < 1.29 is 23.5 Å². The van der Waals surface area contributed by atoms with Crippen LogP contribution in [0.4, 0.5) is 0 Å². The van der Waals surface area contributed by atoms with Crippen LogP contribution in [0.1, 0.15) is 47.1 Å². The van der Waals surface area contributed by atoms with Gasteiger partial charge in [0.05, 0.1) is 11.2 Å². The maximum Gasteiger partial charge on any atom is 0.495 e. The summed E-state index contributed by atoms with van der Waals surface area (Å²) in [5.41, 5.74) is 1.39. The first-order valence-corrected chi connectivity index (χ1v) is 8.64. The van der Waals surface area contributed by atoms with Gasteiger partial charge in [0.1, 0.15) is 18.6 Å². The van der Waals surface area contributed by atoms with Gasteiger partial charge in [-0.25, -0.2) is 0 Å². The molecule has 0 N–H and O–H groups in total. The zero-order valence-electron chi connectivity index (χ0n) is 16.1. The minimum atomic E-state index is -0.616. The van der Waals surface area contributed by atoms with Gasteiger partial charge >= 0.3 is 7.12 Å². The van der Waals surface area contributed by atoms with E-state index in [1.807, 2.05) is 39.0 Å². The van der Waals surface area contributed by atoms with E-state index in [0.29, 0.717) is 12.4 Å². The fourth-order valence-electron chi connectivity index (χ4n) is 2.76. The lowest BCUT2D eigenvalue weighted by atomic mass is 9.76. The van der Waals surface area contributed by atoms with Crippen molar-refractivity contribution in [1.82, 2.24) is 0 Å². The molecule has 136 valence electrons. The van der Waals surface area contributed by atoms with Crippen molar-refractivity contribution in [2.45, 2.75) is 65.5 Å². The fourth-order valence-corrected chi connectivity index (χ4v) is 2.76. The zero-order chi connectivity index (χ0) is 18.5. The third-order valence-electron chi connectivity index (χ3n) is 4.98. The van der Waals surface area contributed by atoms with Gasteiger partial charge in [0, 0.05) is 13.8 Å². The van der Waals surface area contributed by atoms with E-state index in [0.717, 1.165) is 16.8 Å². The molecule has 25 heavy (non-hydrogen) atoms. The Bertz CT molecular complexity index is 677. The molecule has 1 saturated heterocycles. The van der Waals surface area contributed by atoms with Crippen LogP contribution in [-0.4, -0.2) is 30.7 Å². The van der Waals surface area contributed by atoms with Crippen molar-refractivity contribution in [1.29, 1.82) is 0 Å². The number of hydrogen-bond donors (Lipinski definition) is 0. The quantitative estimate of drug-likeness (QED) is 0.783. The molecule has 2 heterocycles. The normalized spacial score (nSPS) is 23.0. The van der Waals surface area contributed by atoms with Gasteiger partial charge in [-0.1, -0.05) is 6.07 Å². The summed E-state index contributed by atoms with van der Waals surface area (Å²) in [5, 5.41) is 0. The highest BCUT2D eigenvalue weighted by Crippen LogP contribution is 2.36. The highest BCUT2D eigenvalue weighted by Gasteiger charge is 2.52. The van der Waals surface area contributed by atoms with Gasteiger partial charge in [-0.3, -0.25) is 0 Å². The summed E-state index contributed by atoms with van der Waals surface area (Å²) < 4.78 is 29.1. The zero-order valence-corrected chi connectivity index (χ0v) is 16.1. The molecule has 0 saturated carbocycles. The van der Waals surface area contributed by atoms with Crippen LogP contribution in [0.25, 0.3) is 0 Å². The lowest BCUT2D eigenvalue weighted by molar-refractivity contribution is -0.119. The maximum absolute atomic E-state index is 6.13. The van der Waals surface area contributed by atoms with Gasteiger partial charge in [0.2, 0.25) is 5.79 Å². The lowest BCUT2D eigenvalue weighted by Gasteiger charge is -2.32. The third kappa shape index (κ3) is 3.65. The van der Waals surface area contributed by atoms with Crippen molar-refractivity contribution in [2.24, 2.45) is 0 Å². The van der Waals surface area contributed by atoms with Gasteiger partial charge in [0.25, 0.3) is 0 Å². The molecule has 1 aromatic carbocycles. The second-order valence-electron chi connectivity index (χ2n) is 8.10. The molecule has 3 rings (SSSR count). The van der Waals surface area contributed by atoms with Gasteiger partial charge in [-0.05, 0) is 57.8 Å². The summed E-state index contributed by atoms with van der Waals surface area (Å²) in [4.78, 5) is 0. The molecule has 1 aromatic rings. The molecular weight excluding hydrogens is 319 g/mol. The summed E-state index contributed by atoms with van der Waals surface area (Å²) in [6, 6.07) is 5.91. The van der Waals surface area contributed by atoms with Crippen molar-refractivity contribution in [2.75, 3.05) is 6.61 Å². The van der Waals surface area contributed by atoms with Crippen LogP contribution >= 0.6 is 0 Å². The van der Waals surface area contributed by atoms with Crippen LogP contribution in [0.2, 0.25) is 0 Å². The molecule has 0 aliphatic carbocycles. The van der Waals surface area contributed by atoms with Gasteiger partial charge in [-0.15, -0.1) is 0 Å². The predicted octanol–water partition coefficient (Wildman–Crippen LogP) is 3.30. The molecule has 5 nitrogen and oxygen atoms in total. The Hall–Kier alpha value is -1.66. The molecule has 2 aliphatic heterocycles. The van der Waals surface area contributed by atoms with Crippen LogP contribution in [-0.2, 0) is 18.8 Å². The van der Waals surface area contributed by atoms with Crippen molar-refractivity contribution in [3.8, 4) is 5.75 Å². The number of aryl methyl sites for hydroxylation is 1. The van der Waals surface area contributed by atoms with E-state index in [1.54, 1.807) is 6.26 Å². The van der Waals surface area contributed by atoms with E-state index >= 15 is 0 Å². The Morgan fingerprint density at radius 1 is 1.00 bits per heavy atom. The van der Waals surface area contributed by atoms with Gasteiger partial charge in [-0.2, -0.15) is 0 Å². The molecule has 0 unspecified atom stereocenters. The summed E-state index contributed by atoms with van der Waals surface area (Å²) in [7, 11) is -0.367. The van der Waals surface area contributed by atoms with E-state index < -0.39 is 5.79 Å². The smallest absolute Gasteiger partial charge is 0.486 e. The second kappa shape index (κ2) is 5.96. The molecule has 1 fully saturated rings. The summed E-state index contributed by atoms with van der Waals surface area (Å²) in [5.74, 6) is 0.833. The lowest BCUT2D eigenvalue weighted by Crippen LogP contribution is -2.41. The summed E-state index contributed by atoms with van der Waals surface area (Å²) in [6.07, 6.45) is 1.60. The van der Waals surface area contributed by atoms with E-state index in [-0.39, 0.29) is 18.3 Å². The predicted molar refractivity (Wildman–Crippen MR) is 96.7 cm³/mol. The van der Waals surface area contributed by atoms with E-state index in [2.05, 4.69) is 27.7 Å². The molecule has 2 aliphatic rings. The number of ether oxygens (including phenoxy) is 3. The SMILES string of the molecule is Cc1cc(OCC2=COC(C)(C)O2)ccc1B1OC(C)(C)C(C)(C)O1. The highest BCUT2D eigenvalue weighted by atomic mass is 16.7. The largest absolute Gasteiger partial charge is 0.495 e. The highest BCUT2D eigenvalue weighted by molar-refractivity contribution is 6.62. The van der Waals surface area contributed by atoms with Gasteiger partial charge in [0.15, 0.2) is 5.76 Å². The van der Waals surface area contributed by atoms with Crippen molar-refractivity contribution in [3.63, 3.8) is 0 Å². The molecular formula is C19H27BO5. The Morgan fingerprint density at radius 2 is 1.64 bits per heavy atom. The molecule has 0 atom stereocenters. The number of benzene rings is 1. The van der Waals surface area contributed by atoms with E-state index in [4.69, 9.17) is 23.5 Å². The van der Waals surface area contributed by atoms with Gasteiger partial charge < -0.3 is 23.5 Å². The summed E-state index contributed by atoms with van der Waals surface area (Å²) >= 11 is 0. The Morgan fingerprint density at radius 3 is 2.16 bits per heavy atom. The first-order valence-electron chi connectivity index (χ1n) is 8.64. The Labute approximate surface area is 150 Å². The van der Waals surface area contributed by atoms with E-state index in [9.17, 15) is 0 Å². The third-order valence-corrected chi connectivity index (χ3v) is 4.98. The summed E-state index contributed by atoms with van der Waals surface area (Å²) in [6.45, 7) is 14.3. The molecule has 0 radical (unpaired) electrons. The minimum Gasteiger partial charge on any atom is -0.486 e. The molecule has 0 bridgehead atoms. The second-order valence-corrected chi connectivity index (χ2v) is 8.10. The fraction of sp³-hybridized carbons (Fsp3) is 0.579. The molecule has 0 aromatic heterocycles. The average Bonchev–Trinajstić information content (AvgIpc) is 2.93. The number of rotatable bonds is 4. The molecule has 0 amide bonds. The average molecular weight is 346 g/mol. The minimum absolute atomic E-state index is 0.332. The van der Waals surface area contributed by atoms with E-state index in [1.165, 1.54) is 0 Å². The maximum atomic E-state index is 6.13. The van der Waals surface area contributed by atoms with Crippen molar-refractivity contribution in [3.05, 3.63) is 35.8 Å². The van der Waals surface area contributed by atoms with Crippen LogP contribution in [0, 0.1) is 6.92 Å². The first-order chi connectivity index (χ1) is 11.5. The van der Waals surface area contributed by atoms with Crippen molar-refractivity contribution >= 4 is 12.6 Å². The van der Waals surface area contributed by atoms with Crippen LogP contribution in [0.15, 0.2) is 30.2 Å². The van der Waals surface area contributed by atoms with Crippen LogP contribution in [0.5, 0.6) is 5.75 Å². The Kier molecular flexibility index (Phi) is 4.32. The molecule has 6 heteroatoms. The topological polar surface area (TPSA) is 46.2 Å². The van der Waals surface area contributed by atoms with Crippen LogP contribution < -0.4 is 10.2 Å². The first kappa shape index (κ1) is 18.1.